The fourth-order valence-electron chi connectivity index (χ4n) is 3.20. The molecule has 4 heteroatoms. The van der Waals surface area contributed by atoms with E-state index in [1.54, 1.807) is 17.4 Å². The first kappa shape index (κ1) is 16.1. The second kappa shape index (κ2) is 6.82. The highest BCUT2D eigenvalue weighted by Crippen LogP contribution is 2.35. The molecular weight excluding hydrogens is 328 g/mol. The van der Waals surface area contributed by atoms with Crippen molar-refractivity contribution in [2.24, 2.45) is 4.99 Å². The third-order valence-corrected chi connectivity index (χ3v) is 5.48. The van der Waals surface area contributed by atoms with Crippen LogP contribution in [0.25, 0.3) is 0 Å². The van der Waals surface area contributed by atoms with Gasteiger partial charge in [0, 0.05) is 28.6 Å². The van der Waals surface area contributed by atoms with Crippen molar-refractivity contribution in [2.45, 2.75) is 25.6 Å². The van der Waals surface area contributed by atoms with E-state index >= 15 is 0 Å². The van der Waals surface area contributed by atoms with Gasteiger partial charge in [-0.25, -0.2) is 0 Å². The van der Waals surface area contributed by atoms with E-state index in [1.807, 2.05) is 24.3 Å². The van der Waals surface area contributed by atoms with Crippen LogP contribution in [-0.2, 0) is 0 Å². The zero-order valence-electron chi connectivity index (χ0n) is 14.0. The Balaban J connectivity index is 1.74. The number of rotatable bonds is 3. The van der Waals surface area contributed by atoms with Gasteiger partial charge < -0.3 is 5.11 Å². The Morgan fingerprint density at radius 1 is 1.04 bits per heavy atom. The predicted molar refractivity (Wildman–Crippen MR) is 103 cm³/mol. The molecule has 126 valence electrons. The van der Waals surface area contributed by atoms with Crippen LogP contribution in [0.15, 0.2) is 71.0 Å². The van der Waals surface area contributed by atoms with E-state index in [4.69, 9.17) is 4.99 Å². The van der Waals surface area contributed by atoms with Crippen molar-refractivity contribution in [3.8, 4) is 5.75 Å². The Morgan fingerprint density at radius 2 is 1.84 bits per heavy atom. The summed E-state index contributed by atoms with van der Waals surface area (Å²) in [5, 5.41) is 16.0. The first-order chi connectivity index (χ1) is 12.2. The van der Waals surface area contributed by atoms with Crippen LogP contribution in [0.5, 0.6) is 5.75 Å². The molecule has 1 aliphatic rings. The fourth-order valence-corrected chi connectivity index (χ4v) is 3.92. The van der Waals surface area contributed by atoms with Crippen molar-refractivity contribution in [3.63, 3.8) is 0 Å². The molecule has 25 heavy (non-hydrogen) atoms. The molecule has 2 aromatic carbocycles. The number of nitrogens with one attached hydrogen (secondary N) is 1. The van der Waals surface area contributed by atoms with Crippen LogP contribution in [0.4, 0.5) is 0 Å². The lowest BCUT2D eigenvalue weighted by atomic mass is 9.94. The number of para-hydroxylation sites is 1. The van der Waals surface area contributed by atoms with Crippen LogP contribution < -0.4 is 5.32 Å². The summed E-state index contributed by atoms with van der Waals surface area (Å²) >= 11 is 1.70. The van der Waals surface area contributed by atoms with Gasteiger partial charge in [0.25, 0.3) is 0 Å². The van der Waals surface area contributed by atoms with Crippen LogP contribution in [-0.4, -0.2) is 10.8 Å². The van der Waals surface area contributed by atoms with E-state index < -0.39 is 0 Å². The van der Waals surface area contributed by atoms with Gasteiger partial charge in [-0.1, -0.05) is 54.1 Å². The molecule has 0 fully saturated rings. The Hall–Kier alpha value is -2.43. The highest BCUT2D eigenvalue weighted by molar-refractivity contribution is 7.10. The van der Waals surface area contributed by atoms with Gasteiger partial charge >= 0.3 is 0 Å². The third kappa shape index (κ3) is 3.36. The minimum Gasteiger partial charge on any atom is -0.508 e. The maximum atomic E-state index is 10.3. The summed E-state index contributed by atoms with van der Waals surface area (Å²) in [6.07, 6.45) is 0.664. The Labute approximate surface area is 151 Å². The predicted octanol–water partition coefficient (Wildman–Crippen LogP) is 4.98. The molecule has 2 atom stereocenters. The van der Waals surface area contributed by atoms with Crippen molar-refractivity contribution < 1.29 is 5.11 Å². The Morgan fingerprint density at radius 3 is 2.56 bits per heavy atom. The number of nitrogens with zero attached hydrogens (tertiary/aromatic N) is 1. The van der Waals surface area contributed by atoms with Gasteiger partial charge in [-0.2, -0.15) is 0 Å². The molecule has 0 bridgehead atoms. The molecule has 2 heterocycles. The number of aryl methyl sites for hydroxylation is 1. The zero-order valence-corrected chi connectivity index (χ0v) is 14.8. The number of aromatic hydroxyl groups is 1. The second-order valence-electron chi connectivity index (χ2n) is 6.34. The van der Waals surface area contributed by atoms with E-state index in [2.05, 4.69) is 48.0 Å². The lowest BCUT2D eigenvalue weighted by Gasteiger charge is -2.30. The summed E-state index contributed by atoms with van der Waals surface area (Å²) in [7, 11) is 0. The molecule has 2 N–H and O–H groups in total. The summed E-state index contributed by atoms with van der Waals surface area (Å²) in [6, 6.07) is 20.2. The molecule has 3 nitrogen and oxygen atoms in total. The number of benzene rings is 2. The van der Waals surface area contributed by atoms with Gasteiger partial charge in [0.15, 0.2) is 0 Å². The van der Waals surface area contributed by atoms with E-state index in [9.17, 15) is 5.11 Å². The van der Waals surface area contributed by atoms with Gasteiger partial charge in [0.2, 0.25) is 0 Å². The van der Waals surface area contributed by atoms with Gasteiger partial charge in [-0.15, -0.1) is 11.3 Å². The molecule has 0 spiro atoms. The van der Waals surface area contributed by atoms with Crippen molar-refractivity contribution in [1.29, 1.82) is 0 Å². The van der Waals surface area contributed by atoms with Gasteiger partial charge in [0.05, 0.1) is 0 Å². The number of hydrogen-bond acceptors (Lipinski definition) is 4. The van der Waals surface area contributed by atoms with Crippen LogP contribution in [0, 0.1) is 6.92 Å². The van der Waals surface area contributed by atoms with E-state index in [0.717, 1.165) is 23.3 Å². The van der Waals surface area contributed by atoms with E-state index in [0.29, 0.717) is 5.75 Å². The molecule has 0 radical (unpaired) electrons. The molecule has 0 aliphatic carbocycles. The number of phenolic OH excluding ortho intramolecular Hbond substituents is 1. The summed E-state index contributed by atoms with van der Waals surface area (Å²) in [5.41, 5.74) is 4.38. The summed E-state index contributed by atoms with van der Waals surface area (Å²) in [5.74, 6) is 0.329. The van der Waals surface area contributed by atoms with E-state index in [-0.39, 0.29) is 12.2 Å². The smallest absolute Gasteiger partial charge is 0.135 e. The minimum atomic E-state index is -0.0883. The van der Waals surface area contributed by atoms with Crippen LogP contribution in [0.3, 0.4) is 0 Å². The Kier molecular flexibility index (Phi) is 4.38. The van der Waals surface area contributed by atoms with Crippen LogP contribution in [0.1, 0.15) is 40.2 Å². The van der Waals surface area contributed by atoms with Gasteiger partial charge in [-0.3, -0.25) is 10.3 Å². The van der Waals surface area contributed by atoms with Crippen molar-refractivity contribution >= 4 is 17.0 Å². The minimum absolute atomic E-state index is 0.0297. The van der Waals surface area contributed by atoms with Gasteiger partial charge in [0.1, 0.15) is 11.9 Å². The third-order valence-electron chi connectivity index (χ3n) is 4.55. The molecule has 0 unspecified atom stereocenters. The highest BCUT2D eigenvalue weighted by atomic mass is 32.1. The maximum absolute atomic E-state index is 10.3. The Bertz CT molecular complexity index is 885. The summed E-state index contributed by atoms with van der Waals surface area (Å²) in [4.78, 5) is 6.15. The van der Waals surface area contributed by atoms with Crippen LogP contribution in [0.2, 0.25) is 0 Å². The molecule has 1 aliphatic heterocycles. The standard InChI is InChI=1S/C21H20N2OS/c1-14-8-10-15(11-9-14)17-13-18(16-5-2-3-6-19(16)24)23-21(22-17)20-7-4-12-25-20/h2-12,18,21,23-24H,13H2,1H3/t18-,21+/m1/s1. The number of thiophene rings is 1. The molecule has 0 saturated heterocycles. The lowest BCUT2D eigenvalue weighted by Crippen LogP contribution is -2.32. The lowest BCUT2D eigenvalue weighted by molar-refractivity contribution is 0.415. The van der Waals surface area contributed by atoms with Gasteiger partial charge in [-0.05, 0) is 30.0 Å². The van der Waals surface area contributed by atoms with Crippen molar-refractivity contribution in [3.05, 3.63) is 87.6 Å². The maximum Gasteiger partial charge on any atom is 0.135 e. The normalized spacial score (nSPS) is 20.3. The van der Waals surface area contributed by atoms with Crippen molar-refractivity contribution in [2.75, 3.05) is 0 Å². The second-order valence-corrected chi connectivity index (χ2v) is 7.32. The first-order valence-electron chi connectivity index (χ1n) is 8.42. The van der Waals surface area contributed by atoms with E-state index in [1.165, 1.54) is 10.4 Å². The number of hydrogen-bond donors (Lipinski definition) is 2. The molecule has 0 amide bonds. The molecule has 4 rings (SSSR count). The number of phenols is 1. The monoisotopic (exact) mass is 348 g/mol. The molecule has 0 saturated carbocycles. The molecule has 1 aromatic heterocycles. The summed E-state index contributed by atoms with van der Waals surface area (Å²) < 4.78 is 0. The topological polar surface area (TPSA) is 44.6 Å². The zero-order chi connectivity index (χ0) is 17.2. The fraction of sp³-hybridized carbons (Fsp3) is 0.190. The molecular formula is C21H20N2OS. The summed E-state index contributed by atoms with van der Waals surface area (Å²) in [6.45, 7) is 2.09. The average Bonchev–Trinajstić information content (AvgIpc) is 3.17. The first-order valence-corrected chi connectivity index (χ1v) is 9.30. The average molecular weight is 348 g/mol. The largest absolute Gasteiger partial charge is 0.508 e. The molecule has 3 aromatic rings. The highest BCUT2D eigenvalue weighted by Gasteiger charge is 2.27. The SMILES string of the molecule is Cc1ccc(C2=N[C@H](c3cccs3)N[C@@H](c3ccccc3O)C2)cc1. The van der Waals surface area contributed by atoms with Crippen molar-refractivity contribution in [1.82, 2.24) is 5.32 Å². The quantitative estimate of drug-likeness (QED) is 0.701. The number of aliphatic imine (C=N–C) groups is 1. The van der Waals surface area contributed by atoms with Crippen LogP contribution >= 0.6 is 11.3 Å².